The quantitative estimate of drug-likeness (QED) is 0.739. The summed E-state index contributed by atoms with van der Waals surface area (Å²) in [6, 6.07) is 16.9. The molecular formula is C25H32ClN3O2. The fraction of sp³-hybridized carbons (Fsp3) is 0.480. The van der Waals surface area contributed by atoms with Gasteiger partial charge in [0.15, 0.2) is 6.61 Å². The molecule has 0 aliphatic carbocycles. The first kappa shape index (κ1) is 22.0. The molecule has 2 bridgehead atoms. The second kappa shape index (κ2) is 9.92. The van der Waals surface area contributed by atoms with Gasteiger partial charge >= 0.3 is 0 Å². The summed E-state index contributed by atoms with van der Waals surface area (Å²) in [5, 5.41) is 4.27. The van der Waals surface area contributed by atoms with E-state index in [9.17, 15) is 4.79 Å². The van der Waals surface area contributed by atoms with E-state index in [1.54, 1.807) is 24.3 Å². The SMILES string of the molecule is CC(C)N1[C@H]2CCNc3ccccc3CN(C(=O)COc3ccc(Cl)cc3)C[C@@H]1CC2. The molecule has 2 atom stereocenters. The van der Waals surface area contributed by atoms with Crippen molar-refractivity contribution >= 4 is 23.2 Å². The summed E-state index contributed by atoms with van der Waals surface area (Å²) in [7, 11) is 0. The molecule has 2 aliphatic heterocycles. The van der Waals surface area contributed by atoms with E-state index in [4.69, 9.17) is 16.3 Å². The van der Waals surface area contributed by atoms with Crippen LogP contribution < -0.4 is 10.1 Å². The highest BCUT2D eigenvalue weighted by Crippen LogP contribution is 2.31. The van der Waals surface area contributed by atoms with E-state index in [2.05, 4.69) is 36.2 Å². The predicted molar refractivity (Wildman–Crippen MR) is 126 cm³/mol. The van der Waals surface area contributed by atoms with Crippen LogP contribution in [0.5, 0.6) is 5.75 Å². The lowest BCUT2D eigenvalue weighted by Gasteiger charge is -2.36. The zero-order chi connectivity index (χ0) is 21.8. The molecule has 0 spiro atoms. The van der Waals surface area contributed by atoms with Crippen molar-refractivity contribution in [2.24, 2.45) is 0 Å². The number of nitrogens with zero attached hydrogens (tertiary/aromatic N) is 2. The lowest BCUT2D eigenvalue weighted by atomic mass is 10.1. The topological polar surface area (TPSA) is 44.8 Å². The van der Waals surface area contributed by atoms with Gasteiger partial charge in [0.1, 0.15) is 5.75 Å². The third kappa shape index (κ3) is 5.34. The summed E-state index contributed by atoms with van der Waals surface area (Å²) in [6.45, 7) is 6.82. The number of rotatable bonds is 4. The molecule has 2 aliphatic rings. The van der Waals surface area contributed by atoms with Gasteiger partial charge in [0.25, 0.3) is 5.91 Å². The summed E-state index contributed by atoms with van der Waals surface area (Å²) in [5.41, 5.74) is 2.27. The van der Waals surface area contributed by atoms with Gasteiger partial charge in [-0.15, -0.1) is 0 Å². The minimum atomic E-state index is 0.0103. The van der Waals surface area contributed by atoms with Crippen LogP contribution in [0.25, 0.3) is 0 Å². The average molecular weight is 442 g/mol. The lowest BCUT2D eigenvalue weighted by molar-refractivity contribution is -0.135. The summed E-state index contributed by atoms with van der Waals surface area (Å²) in [4.78, 5) is 17.9. The Hall–Kier alpha value is -2.24. The number of para-hydroxylation sites is 1. The molecule has 0 aromatic heterocycles. The molecule has 2 aromatic rings. The van der Waals surface area contributed by atoms with E-state index < -0.39 is 0 Å². The van der Waals surface area contributed by atoms with Crippen LogP contribution in [0.2, 0.25) is 5.02 Å². The fourth-order valence-electron chi connectivity index (χ4n) is 4.99. The molecule has 166 valence electrons. The molecular weight excluding hydrogens is 410 g/mol. The molecule has 1 N–H and O–H groups in total. The van der Waals surface area contributed by atoms with Crippen molar-refractivity contribution in [3.8, 4) is 5.75 Å². The molecule has 31 heavy (non-hydrogen) atoms. The summed E-state index contributed by atoms with van der Waals surface area (Å²) < 4.78 is 5.79. The van der Waals surface area contributed by atoms with Gasteiger partial charge in [0.2, 0.25) is 0 Å². The standard InChI is InChI=1S/C25H32ClN3O2/c1-18(2)29-21-9-10-22(29)16-28(15-19-5-3-4-6-24(19)27-14-13-21)25(30)17-31-23-11-7-20(26)8-12-23/h3-8,11-12,18,21-22,27H,9-10,13-17H2,1-2H3/t21-,22+/m1/s1. The van der Waals surface area contributed by atoms with Gasteiger partial charge in [0.05, 0.1) is 0 Å². The second-order valence-electron chi connectivity index (χ2n) is 8.82. The molecule has 0 unspecified atom stereocenters. The Labute approximate surface area is 190 Å². The van der Waals surface area contributed by atoms with Crippen molar-refractivity contribution < 1.29 is 9.53 Å². The third-order valence-corrected chi connectivity index (χ3v) is 6.66. The molecule has 5 nitrogen and oxygen atoms in total. The van der Waals surface area contributed by atoms with Crippen LogP contribution in [-0.2, 0) is 11.3 Å². The zero-order valence-electron chi connectivity index (χ0n) is 18.4. The van der Waals surface area contributed by atoms with Crippen LogP contribution in [0.15, 0.2) is 48.5 Å². The van der Waals surface area contributed by atoms with Crippen LogP contribution in [0.3, 0.4) is 0 Å². The molecule has 1 fully saturated rings. The Morgan fingerprint density at radius 1 is 1.10 bits per heavy atom. The highest BCUT2D eigenvalue weighted by atomic mass is 35.5. The molecule has 0 radical (unpaired) electrons. The fourth-order valence-corrected chi connectivity index (χ4v) is 5.12. The number of anilines is 1. The van der Waals surface area contributed by atoms with Crippen LogP contribution in [0.4, 0.5) is 5.69 Å². The van der Waals surface area contributed by atoms with Crippen LogP contribution >= 0.6 is 11.6 Å². The third-order valence-electron chi connectivity index (χ3n) is 6.40. The highest BCUT2D eigenvalue weighted by molar-refractivity contribution is 6.30. The number of halogens is 1. The van der Waals surface area contributed by atoms with Gasteiger partial charge in [-0.05, 0) is 69.0 Å². The maximum atomic E-state index is 13.3. The van der Waals surface area contributed by atoms with Gasteiger partial charge in [-0.25, -0.2) is 0 Å². The number of ether oxygens (including phenoxy) is 1. The molecule has 2 heterocycles. The number of hydrogen-bond acceptors (Lipinski definition) is 4. The number of carbonyl (C=O) groups excluding carboxylic acids is 1. The first-order valence-corrected chi connectivity index (χ1v) is 11.6. The van der Waals surface area contributed by atoms with E-state index >= 15 is 0 Å². The Kier molecular flexibility index (Phi) is 7.03. The molecule has 4 rings (SSSR count). The van der Waals surface area contributed by atoms with E-state index in [-0.39, 0.29) is 12.5 Å². The predicted octanol–water partition coefficient (Wildman–Crippen LogP) is 4.80. The van der Waals surface area contributed by atoms with Crippen LogP contribution in [0, 0.1) is 0 Å². The van der Waals surface area contributed by atoms with Crippen LogP contribution in [0.1, 0.15) is 38.7 Å². The van der Waals surface area contributed by atoms with Crippen molar-refractivity contribution in [3.05, 3.63) is 59.1 Å². The van der Waals surface area contributed by atoms with E-state index in [0.29, 0.717) is 35.4 Å². The lowest BCUT2D eigenvalue weighted by Crippen LogP contribution is -2.48. The largest absolute Gasteiger partial charge is 0.484 e. The van der Waals surface area contributed by atoms with Gasteiger partial charge in [-0.3, -0.25) is 9.69 Å². The first-order valence-electron chi connectivity index (χ1n) is 11.3. The van der Waals surface area contributed by atoms with E-state index in [1.807, 2.05) is 17.0 Å². The van der Waals surface area contributed by atoms with Gasteiger partial charge in [0, 0.05) is 48.5 Å². The van der Waals surface area contributed by atoms with Gasteiger partial charge in [-0.2, -0.15) is 0 Å². The Morgan fingerprint density at radius 2 is 1.84 bits per heavy atom. The Bertz CT molecular complexity index is 887. The van der Waals surface area contributed by atoms with Crippen molar-refractivity contribution in [1.29, 1.82) is 0 Å². The van der Waals surface area contributed by atoms with E-state index in [1.165, 1.54) is 6.42 Å². The number of amides is 1. The van der Waals surface area contributed by atoms with Crippen molar-refractivity contribution in [1.82, 2.24) is 9.80 Å². The van der Waals surface area contributed by atoms with Crippen LogP contribution in [-0.4, -0.2) is 53.5 Å². The summed E-state index contributed by atoms with van der Waals surface area (Å²) in [6.07, 6.45) is 3.44. The maximum absolute atomic E-state index is 13.3. The smallest absolute Gasteiger partial charge is 0.260 e. The Morgan fingerprint density at radius 3 is 2.61 bits per heavy atom. The molecule has 2 aromatic carbocycles. The highest BCUT2D eigenvalue weighted by Gasteiger charge is 2.36. The van der Waals surface area contributed by atoms with Gasteiger partial charge in [-0.1, -0.05) is 29.8 Å². The minimum Gasteiger partial charge on any atom is -0.484 e. The van der Waals surface area contributed by atoms with Crippen molar-refractivity contribution in [2.45, 2.75) is 57.8 Å². The first-order chi connectivity index (χ1) is 15.0. The van der Waals surface area contributed by atoms with Gasteiger partial charge < -0.3 is 15.0 Å². The monoisotopic (exact) mass is 441 g/mol. The summed E-state index contributed by atoms with van der Waals surface area (Å²) >= 11 is 5.95. The molecule has 6 heteroatoms. The van der Waals surface area contributed by atoms with Crippen molar-refractivity contribution in [2.75, 3.05) is 25.0 Å². The maximum Gasteiger partial charge on any atom is 0.260 e. The molecule has 0 saturated carbocycles. The minimum absolute atomic E-state index is 0.0103. The number of benzene rings is 2. The summed E-state index contributed by atoms with van der Waals surface area (Å²) in [5.74, 6) is 0.665. The zero-order valence-corrected chi connectivity index (χ0v) is 19.1. The molecule has 1 saturated heterocycles. The average Bonchev–Trinajstić information content (AvgIpc) is 3.14. The molecule has 1 amide bonds. The van der Waals surface area contributed by atoms with E-state index in [0.717, 1.165) is 37.2 Å². The number of nitrogens with one attached hydrogen (secondary N) is 1. The number of carbonyl (C=O) groups is 1. The Balaban J connectivity index is 1.55. The normalized spacial score (nSPS) is 21.9. The number of hydrogen-bond donors (Lipinski definition) is 1. The van der Waals surface area contributed by atoms with Crippen molar-refractivity contribution in [3.63, 3.8) is 0 Å². The number of fused-ring (bicyclic) bond motifs is 3. The second-order valence-corrected chi connectivity index (χ2v) is 9.25.